The highest BCUT2D eigenvalue weighted by molar-refractivity contribution is 7.92. The summed E-state index contributed by atoms with van der Waals surface area (Å²) in [4.78, 5) is 15.6. The Hall–Kier alpha value is -2.69. The number of benzene rings is 1. The van der Waals surface area contributed by atoms with Gasteiger partial charge in [-0.25, -0.2) is 22.3 Å². The lowest BCUT2D eigenvalue weighted by atomic mass is 9.81. The number of hydrogen-bond acceptors (Lipinski definition) is 7. The molecule has 9 nitrogen and oxygen atoms in total. The third kappa shape index (κ3) is 3.51. The average molecular weight is 435 g/mol. The fourth-order valence-corrected chi connectivity index (χ4v) is 7.05. The molecule has 0 bridgehead atoms. The van der Waals surface area contributed by atoms with Crippen molar-refractivity contribution in [3.05, 3.63) is 36.4 Å². The van der Waals surface area contributed by atoms with Crippen LogP contribution < -0.4 is 9.80 Å². The second kappa shape index (κ2) is 6.93. The molecule has 11 heteroatoms. The van der Waals surface area contributed by atoms with E-state index in [0.29, 0.717) is 37.6 Å². The zero-order valence-electron chi connectivity index (χ0n) is 16.3. The van der Waals surface area contributed by atoms with Crippen molar-refractivity contribution in [2.24, 2.45) is 5.41 Å². The third-order valence-electron chi connectivity index (χ3n) is 6.20. The van der Waals surface area contributed by atoms with Crippen molar-refractivity contribution in [2.45, 2.75) is 25.5 Å². The van der Waals surface area contributed by atoms with Gasteiger partial charge >= 0.3 is 6.09 Å². The summed E-state index contributed by atoms with van der Waals surface area (Å²) in [6.07, 6.45) is 3.82. The van der Waals surface area contributed by atoms with Crippen LogP contribution in [0.15, 0.2) is 30.6 Å². The van der Waals surface area contributed by atoms with E-state index >= 15 is 0 Å². The quantitative estimate of drug-likeness (QED) is 0.717. The number of piperidine rings is 1. The first-order valence-electron chi connectivity index (χ1n) is 9.90. The number of aromatic nitrogens is 3. The predicted octanol–water partition coefficient (Wildman–Crippen LogP) is 1.46. The van der Waals surface area contributed by atoms with Crippen LogP contribution >= 0.6 is 0 Å². The first-order valence-corrected chi connectivity index (χ1v) is 11.7. The van der Waals surface area contributed by atoms with Crippen LogP contribution in [0.2, 0.25) is 0 Å². The van der Waals surface area contributed by atoms with Gasteiger partial charge in [0.1, 0.15) is 11.9 Å². The zero-order chi connectivity index (χ0) is 20.9. The molecule has 1 aromatic carbocycles. The SMILES string of the molecule is O=C1O[C@@H](Cn2ccnn2)CN1c1ccc(N2CCC3(CC2)CS(=O)(=O)C3)c(F)c1. The number of rotatable bonds is 4. The number of amides is 1. The number of hydrogen-bond donors (Lipinski definition) is 0. The lowest BCUT2D eigenvalue weighted by molar-refractivity contribution is 0.129. The Morgan fingerprint density at radius 1 is 1.23 bits per heavy atom. The number of cyclic esters (lactones) is 1. The number of carbonyl (C=O) groups excluding carboxylic acids is 1. The molecule has 2 aromatic rings. The van der Waals surface area contributed by atoms with Crippen LogP contribution in [0.25, 0.3) is 0 Å². The molecule has 1 aromatic heterocycles. The minimum absolute atomic E-state index is 0.121. The second-order valence-electron chi connectivity index (χ2n) is 8.40. The fourth-order valence-electron chi connectivity index (χ4n) is 4.69. The summed E-state index contributed by atoms with van der Waals surface area (Å²) in [5.74, 6) is 0.0988. The Bertz CT molecular complexity index is 1050. The van der Waals surface area contributed by atoms with Crippen LogP contribution in [0.5, 0.6) is 0 Å². The molecule has 0 unspecified atom stereocenters. The molecule has 1 spiro atoms. The van der Waals surface area contributed by atoms with Crippen molar-refractivity contribution in [3.63, 3.8) is 0 Å². The standard InChI is InChI=1S/C19H22FN5O4S/c20-16-9-14(25-11-15(29-18(25)26)10-24-8-5-21-22-24)1-2-17(16)23-6-3-19(4-7-23)12-30(27,28)13-19/h1-2,5,8-9,15H,3-4,6-7,10-13H2/t15-/m0/s1. The highest BCUT2D eigenvalue weighted by Gasteiger charge is 2.49. The Morgan fingerprint density at radius 2 is 2.00 bits per heavy atom. The van der Waals surface area contributed by atoms with Gasteiger partial charge in [0.05, 0.1) is 42.2 Å². The molecule has 0 saturated carbocycles. The fraction of sp³-hybridized carbons (Fsp3) is 0.526. The molecule has 160 valence electrons. The van der Waals surface area contributed by atoms with Crippen LogP contribution in [-0.4, -0.2) is 66.7 Å². The third-order valence-corrected chi connectivity index (χ3v) is 8.30. The monoisotopic (exact) mass is 435 g/mol. The van der Waals surface area contributed by atoms with Gasteiger partial charge in [-0.15, -0.1) is 5.10 Å². The molecule has 3 saturated heterocycles. The van der Waals surface area contributed by atoms with Crippen LogP contribution in [0.1, 0.15) is 12.8 Å². The summed E-state index contributed by atoms with van der Waals surface area (Å²) in [7, 11) is -2.87. The van der Waals surface area contributed by atoms with Gasteiger partial charge < -0.3 is 9.64 Å². The molecular formula is C19H22FN5O4S. The number of halogens is 1. The van der Waals surface area contributed by atoms with E-state index in [-0.39, 0.29) is 23.0 Å². The van der Waals surface area contributed by atoms with Gasteiger partial charge in [-0.05, 0) is 31.0 Å². The maximum Gasteiger partial charge on any atom is 0.414 e. The zero-order valence-corrected chi connectivity index (χ0v) is 17.1. The lowest BCUT2D eigenvalue weighted by Crippen LogP contribution is -2.54. The van der Waals surface area contributed by atoms with Crippen molar-refractivity contribution < 1.29 is 22.3 Å². The molecule has 4 heterocycles. The first kappa shape index (κ1) is 19.3. The van der Waals surface area contributed by atoms with Crippen molar-refractivity contribution in [2.75, 3.05) is 40.9 Å². The van der Waals surface area contributed by atoms with Gasteiger partial charge in [0.15, 0.2) is 9.84 Å². The summed E-state index contributed by atoms with van der Waals surface area (Å²) < 4.78 is 44.9. The van der Waals surface area contributed by atoms with E-state index in [2.05, 4.69) is 10.3 Å². The van der Waals surface area contributed by atoms with Crippen molar-refractivity contribution >= 4 is 27.3 Å². The normalized spacial score (nSPS) is 24.7. The largest absolute Gasteiger partial charge is 0.442 e. The van der Waals surface area contributed by atoms with E-state index in [1.54, 1.807) is 29.2 Å². The minimum Gasteiger partial charge on any atom is -0.442 e. The number of anilines is 2. The van der Waals surface area contributed by atoms with Gasteiger partial charge in [-0.2, -0.15) is 0 Å². The summed E-state index contributed by atoms with van der Waals surface area (Å²) in [6, 6.07) is 4.75. The highest BCUT2D eigenvalue weighted by Crippen LogP contribution is 2.43. The molecule has 30 heavy (non-hydrogen) atoms. The smallest absolute Gasteiger partial charge is 0.414 e. The molecule has 0 N–H and O–H groups in total. The average Bonchev–Trinajstić information content (AvgIpc) is 3.31. The molecule has 1 atom stereocenters. The first-order chi connectivity index (χ1) is 14.3. The molecular weight excluding hydrogens is 413 g/mol. The number of carbonyl (C=O) groups is 1. The topological polar surface area (TPSA) is 97.6 Å². The molecule has 5 rings (SSSR count). The van der Waals surface area contributed by atoms with Crippen LogP contribution in [0, 0.1) is 11.2 Å². The van der Waals surface area contributed by atoms with Crippen molar-refractivity contribution in [3.8, 4) is 0 Å². The van der Waals surface area contributed by atoms with Crippen LogP contribution in [-0.2, 0) is 21.1 Å². The lowest BCUT2D eigenvalue weighted by Gasteiger charge is -2.47. The maximum absolute atomic E-state index is 14.9. The minimum atomic E-state index is -2.87. The van der Waals surface area contributed by atoms with Gasteiger partial charge in [-0.3, -0.25) is 4.90 Å². The van der Waals surface area contributed by atoms with Crippen molar-refractivity contribution in [1.29, 1.82) is 0 Å². The Labute approximate surface area is 173 Å². The Morgan fingerprint density at radius 3 is 2.63 bits per heavy atom. The van der Waals surface area contributed by atoms with Crippen LogP contribution in [0.3, 0.4) is 0 Å². The van der Waals surface area contributed by atoms with Gasteiger partial charge in [0.2, 0.25) is 0 Å². The van der Waals surface area contributed by atoms with E-state index in [9.17, 15) is 17.6 Å². The molecule has 1 amide bonds. The summed E-state index contributed by atoms with van der Waals surface area (Å²) in [6.45, 7) is 1.93. The molecule has 0 aliphatic carbocycles. The number of nitrogens with zero attached hydrogens (tertiary/aromatic N) is 5. The molecule has 3 aliphatic rings. The van der Waals surface area contributed by atoms with Crippen LogP contribution in [0.4, 0.5) is 20.6 Å². The van der Waals surface area contributed by atoms with Gasteiger partial charge in [0, 0.05) is 24.7 Å². The maximum atomic E-state index is 14.9. The second-order valence-corrected chi connectivity index (χ2v) is 10.5. The highest BCUT2D eigenvalue weighted by atomic mass is 32.2. The number of ether oxygens (including phenoxy) is 1. The Balaban J connectivity index is 1.25. The van der Waals surface area contributed by atoms with E-state index in [1.807, 2.05) is 4.90 Å². The van der Waals surface area contributed by atoms with Crippen molar-refractivity contribution in [1.82, 2.24) is 15.0 Å². The predicted molar refractivity (Wildman–Crippen MR) is 107 cm³/mol. The Kier molecular flexibility index (Phi) is 4.46. The molecule has 3 aliphatic heterocycles. The van der Waals surface area contributed by atoms with E-state index in [0.717, 1.165) is 12.8 Å². The van der Waals surface area contributed by atoms with Gasteiger partial charge in [0.25, 0.3) is 0 Å². The number of sulfone groups is 1. The molecule has 0 radical (unpaired) electrons. The van der Waals surface area contributed by atoms with E-state index in [1.165, 1.54) is 11.0 Å². The molecule has 3 fully saturated rings. The summed E-state index contributed by atoms with van der Waals surface area (Å²) >= 11 is 0. The van der Waals surface area contributed by atoms with Gasteiger partial charge in [-0.1, -0.05) is 5.21 Å². The van der Waals surface area contributed by atoms with E-state index < -0.39 is 21.7 Å². The summed E-state index contributed by atoms with van der Waals surface area (Å²) in [5, 5.41) is 7.59. The van der Waals surface area contributed by atoms with E-state index in [4.69, 9.17) is 4.74 Å². The summed E-state index contributed by atoms with van der Waals surface area (Å²) in [5.41, 5.74) is 0.799.